The number of carbonyl (C=O) groups excluding carboxylic acids is 1. The number of nitro groups is 1. The van der Waals surface area contributed by atoms with Crippen molar-refractivity contribution in [2.45, 2.75) is 12.5 Å². The number of halogens is 1. The number of hydrogen-bond donors (Lipinski definition) is 1. The number of hydrogen-bond acceptors (Lipinski definition) is 5. The van der Waals surface area contributed by atoms with Crippen LogP contribution in [0.3, 0.4) is 0 Å². The molecule has 0 fully saturated rings. The van der Waals surface area contributed by atoms with Gasteiger partial charge in [-0.3, -0.25) is 19.9 Å². The van der Waals surface area contributed by atoms with Gasteiger partial charge in [-0.2, -0.15) is 0 Å². The highest BCUT2D eigenvalue weighted by Crippen LogP contribution is 2.34. The van der Waals surface area contributed by atoms with Gasteiger partial charge in [0.25, 0.3) is 11.6 Å². The first-order valence-electron chi connectivity index (χ1n) is 9.51. The van der Waals surface area contributed by atoms with Crippen LogP contribution < -0.4 is 10.2 Å². The maximum absolute atomic E-state index is 12.7. The van der Waals surface area contributed by atoms with Crippen LogP contribution >= 0.6 is 11.6 Å². The molecule has 3 aromatic rings. The van der Waals surface area contributed by atoms with E-state index in [1.165, 1.54) is 23.8 Å². The molecule has 152 valence electrons. The first-order valence-corrected chi connectivity index (χ1v) is 9.89. The fourth-order valence-corrected chi connectivity index (χ4v) is 3.94. The van der Waals surface area contributed by atoms with Crippen LogP contribution in [0.5, 0.6) is 0 Å². The summed E-state index contributed by atoms with van der Waals surface area (Å²) in [5.74, 6) is -0.392. The van der Waals surface area contributed by atoms with Crippen molar-refractivity contribution in [2.75, 3.05) is 18.0 Å². The van der Waals surface area contributed by atoms with Crippen molar-refractivity contribution in [1.82, 2.24) is 10.3 Å². The van der Waals surface area contributed by atoms with Crippen molar-refractivity contribution in [3.05, 3.63) is 98.8 Å². The molecule has 1 atom stereocenters. The molecule has 1 aliphatic heterocycles. The van der Waals surface area contributed by atoms with Crippen molar-refractivity contribution < 1.29 is 9.72 Å². The minimum atomic E-state index is -0.598. The number of rotatable bonds is 6. The second kappa shape index (κ2) is 8.51. The summed E-state index contributed by atoms with van der Waals surface area (Å²) in [6, 6.07) is 16.0. The van der Waals surface area contributed by atoms with E-state index in [-0.39, 0.29) is 22.3 Å². The lowest BCUT2D eigenvalue weighted by Gasteiger charge is -2.31. The van der Waals surface area contributed by atoms with Gasteiger partial charge in [-0.15, -0.1) is 0 Å². The summed E-state index contributed by atoms with van der Waals surface area (Å²) in [6.45, 7) is 1.16. The van der Waals surface area contributed by atoms with Gasteiger partial charge < -0.3 is 10.2 Å². The Hall–Kier alpha value is -3.45. The Morgan fingerprint density at radius 2 is 2.07 bits per heavy atom. The largest absolute Gasteiger partial charge is 0.362 e. The van der Waals surface area contributed by atoms with E-state index >= 15 is 0 Å². The van der Waals surface area contributed by atoms with Gasteiger partial charge in [0, 0.05) is 42.8 Å². The van der Waals surface area contributed by atoms with Gasteiger partial charge in [-0.25, -0.2) is 0 Å². The number of benzene rings is 2. The Bertz CT molecular complexity index is 1090. The molecule has 0 aliphatic carbocycles. The average Bonchev–Trinajstić information content (AvgIpc) is 3.19. The third kappa shape index (κ3) is 3.97. The number of aromatic nitrogens is 1. The fourth-order valence-electron chi connectivity index (χ4n) is 3.75. The van der Waals surface area contributed by atoms with Crippen LogP contribution in [-0.4, -0.2) is 28.9 Å². The van der Waals surface area contributed by atoms with Gasteiger partial charge in [0.2, 0.25) is 0 Å². The normalized spacial score (nSPS) is 13.6. The molecule has 1 N–H and O–H groups in total. The molecular formula is C22H19ClN4O3. The Balaban J connectivity index is 1.57. The maximum atomic E-state index is 12.7. The van der Waals surface area contributed by atoms with Gasteiger partial charge >= 0.3 is 0 Å². The molecule has 2 aromatic carbocycles. The predicted octanol–water partition coefficient (Wildman–Crippen LogP) is 4.18. The summed E-state index contributed by atoms with van der Waals surface area (Å²) in [6.07, 6.45) is 4.44. The molecule has 0 bridgehead atoms. The van der Waals surface area contributed by atoms with Crippen LogP contribution in [0.2, 0.25) is 5.02 Å². The Morgan fingerprint density at radius 3 is 2.83 bits per heavy atom. The summed E-state index contributed by atoms with van der Waals surface area (Å²) in [5, 5.41) is 14.0. The highest BCUT2D eigenvalue weighted by Gasteiger charge is 2.28. The molecule has 4 rings (SSSR count). The standard InChI is InChI=1S/C22H19ClN4O3/c23-18-8-7-16(12-20(18)27(29)30)22(28)25-14-21(17-5-3-10-24-13-17)26-11-9-15-4-1-2-6-19(15)26/h1-8,10,12-13,21H,9,11,14H2,(H,25,28). The fraction of sp³-hybridized carbons (Fsp3) is 0.182. The number of pyridine rings is 1. The monoisotopic (exact) mass is 422 g/mol. The lowest BCUT2D eigenvalue weighted by Crippen LogP contribution is -2.37. The van der Waals surface area contributed by atoms with E-state index in [4.69, 9.17) is 11.6 Å². The first kappa shape index (κ1) is 19.8. The number of nitro benzene ring substituents is 1. The minimum Gasteiger partial charge on any atom is -0.362 e. The highest BCUT2D eigenvalue weighted by molar-refractivity contribution is 6.32. The molecule has 2 heterocycles. The molecule has 1 amide bonds. The average molecular weight is 423 g/mol. The van der Waals surface area contributed by atoms with E-state index in [9.17, 15) is 14.9 Å². The SMILES string of the molecule is O=C(NCC(c1cccnc1)N1CCc2ccccc21)c1ccc(Cl)c([N+](=O)[O-])c1. The van der Waals surface area contributed by atoms with Crippen LogP contribution in [0.1, 0.15) is 27.5 Å². The van der Waals surface area contributed by atoms with E-state index < -0.39 is 10.8 Å². The molecule has 1 aliphatic rings. The van der Waals surface area contributed by atoms with Crippen molar-refractivity contribution in [2.24, 2.45) is 0 Å². The van der Waals surface area contributed by atoms with Gasteiger partial charge in [0.1, 0.15) is 5.02 Å². The Labute approximate surface area is 178 Å². The topological polar surface area (TPSA) is 88.4 Å². The molecule has 0 radical (unpaired) electrons. The molecule has 0 saturated heterocycles. The molecule has 0 spiro atoms. The summed E-state index contributed by atoms with van der Waals surface area (Å²) in [4.78, 5) is 29.7. The zero-order chi connectivity index (χ0) is 21.1. The molecule has 0 saturated carbocycles. The van der Waals surface area contributed by atoms with Gasteiger partial charge in [0.15, 0.2) is 0 Å². The third-order valence-corrected chi connectivity index (χ3v) is 5.55. The maximum Gasteiger partial charge on any atom is 0.288 e. The number of carbonyl (C=O) groups is 1. The van der Waals surface area contributed by atoms with E-state index in [1.54, 1.807) is 12.4 Å². The van der Waals surface area contributed by atoms with Crippen LogP contribution in [-0.2, 0) is 6.42 Å². The molecular weight excluding hydrogens is 404 g/mol. The first-order chi connectivity index (χ1) is 14.5. The van der Waals surface area contributed by atoms with Gasteiger partial charge in [-0.1, -0.05) is 35.9 Å². The molecule has 30 heavy (non-hydrogen) atoms. The van der Waals surface area contributed by atoms with Crippen LogP contribution in [0.25, 0.3) is 0 Å². The molecule has 7 nitrogen and oxygen atoms in total. The highest BCUT2D eigenvalue weighted by atomic mass is 35.5. The smallest absolute Gasteiger partial charge is 0.288 e. The number of anilines is 1. The number of amides is 1. The minimum absolute atomic E-state index is 0.00143. The zero-order valence-electron chi connectivity index (χ0n) is 16.0. The quantitative estimate of drug-likeness (QED) is 0.475. The van der Waals surface area contributed by atoms with Crippen molar-refractivity contribution in [1.29, 1.82) is 0 Å². The van der Waals surface area contributed by atoms with Crippen molar-refractivity contribution >= 4 is 28.9 Å². The van der Waals surface area contributed by atoms with Gasteiger partial charge in [-0.05, 0) is 41.8 Å². The van der Waals surface area contributed by atoms with E-state index in [2.05, 4.69) is 27.3 Å². The molecule has 8 heteroatoms. The van der Waals surface area contributed by atoms with Gasteiger partial charge in [0.05, 0.1) is 11.0 Å². The van der Waals surface area contributed by atoms with Crippen molar-refractivity contribution in [3.63, 3.8) is 0 Å². The van der Waals surface area contributed by atoms with E-state index in [1.807, 2.05) is 24.3 Å². The number of para-hydroxylation sites is 1. The Morgan fingerprint density at radius 1 is 1.23 bits per heavy atom. The zero-order valence-corrected chi connectivity index (χ0v) is 16.7. The molecule has 1 aromatic heterocycles. The lowest BCUT2D eigenvalue weighted by molar-refractivity contribution is -0.384. The van der Waals surface area contributed by atoms with Crippen LogP contribution in [0, 0.1) is 10.1 Å². The number of nitrogens with zero attached hydrogens (tertiary/aromatic N) is 3. The van der Waals surface area contributed by atoms with Crippen LogP contribution in [0.15, 0.2) is 67.0 Å². The molecule has 1 unspecified atom stereocenters. The van der Waals surface area contributed by atoms with Crippen LogP contribution in [0.4, 0.5) is 11.4 Å². The van der Waals surface area contributed by atoms with E-state index in [0.29, 0.717) is 6.54 Å². The number of fused-ring (bicyclic) bond motifs is 1. The summed E-state index contributed by atoms with van der Waals surface area (Å²) >= 11 is 5.85. The summed E-state index contributed by atoms with van der Waals surface area (Å²) in [5.41, 5.74) is 3.30. The number of nitrogens with one attached hydrogen (secondary N) is 1. The second-order valence-corrected chi connectivity index (χ2v) is 7.41. The predicted molar refractivity (Wildman–Crippen MR) is 115 cm³/mol. The lowest BCUT2D eigenvalue weighted by atomic mass is 10.1. The van der Waals surface area contributed by atoms with Crippen molar-refractivity contribution in [3.8, 4) is 0 Å². The van der Waals surface area contributed by atoms with E-state index in [0.717, 1.165) is 24.2 Å². The second-order valence-electron chi connectivity index (χ2n) is 7.01. The summed E-state index contributed by atoms with van der Waals surface area (Å²) < 4.78 is 0. The Kier molecular flexibility index (Phi) is 5.63. The summed E-state index contributed by atoms with van der Waals surface area (Å²) in [7, 11) is 0. The third-order valence-electron chi connectivity index (χ3n) is 5.23.